The van der Waals surface area contributed by atoms with Crippen molar-refractivity contribution in [3.8, 4) is 11.6 Å². The largest absolute Gasteiger partial charge is 0.493 e. The Balaban J connectivity index is 2.85. The lowest BCUT2D eigenvalue weighted by Gasteiger charge is -2.12. The van der Waals surface area contributed by atoms with E-state index in [1.807, 2.05) is 0 Å². The molecular formula is C12H10ClNO5S. The number of rotatable bonds is 2. The number of aromatic hydroxyl groups is 1. The van der Waals surface area contributed by atoms with Crippen LogP contribution in [0.25, 0.3) is 5.69 Å². The van der Waals surface area contributed by atoms with Crippen LogP contribution in [0.1, 0.15) is 5.56 Å². The Labute approximate surface area is 119 Å². The maximum atomic E-state index is 11.9. The van der Waals surface area contributed by atoms with E-state index in [2.05, 4.69) is 0 Å². The van der Waals surface area contributed by atoms with Gasteiger partial charge in [-0.25, -0.2) is 4.57 Å². The molecule has 0 bridgehead atoms. The highest BCUT2D eigenvalue weighted by Crippen LogP contribution is 2.27. The van der Waals surface area contributed by atoms with Crippen LogP contribution in [0.4, 0.5) is 0 Å². The van der Waals surface area contributed by atoms with E-state index in [-0.39, 0.29) is 11.3 Å². The molecule has 8 heteroatoms. The summed E-state index contributed by atoms with van der Waals surface area (Å²) >= 11 is 5.72. The summed E-state index contributed by atoms with van der Waals surface area (Å²) in [5.74, 6) is -0.847. The van der Waals surface area contributed by atoms with Gasteiger partial charge in [0.1, 0.15) is 0 Å². The topological polar surface area (TPSA) is 96.6 Å². The van der Waals surface area contributed by atoms with E-state index in [1.165, 1.54) is 31.2 Å². The fourth-order valence-corrected chi connectivity index (χ4v) is 2.77. The minimum atomic E-state index is -4.66. The fraction of sp³-hybridized carbons (Fsp3) is 0.0833. The summed E-state index contributed by atoms with van der Waals surface area (Å²) in [6.45, 7) is 1.30. The van der Waals surface area contributed by atoms with Crippen molar-refractivity contribution in [3.63, 3.8) is 0 Å². The van der Waals surface area contributed by atoms with Gasteiger partial charge in [-0.1, -0.05) is 11.6 Å². The number of aryl methyl sites for hydroxylation is 1. The lowest BCUT2D eigenvalue weighted by molar-refractivity contribution is 0.408. The molecule has 0 amide bonds. The second-order valence-electron chi connectivity index (χ2n) is 4.11. The molecule has 106 valence electrons. The predicted octanol–water partition coefficient (Wildman–Crippen LogP) is 1.75. The van der Waals surface area contributed by atoms with E-state index in [1.54, 1.807) is 0 Å². The second-order valence-corrected chi connectivity index (χ2v) is 5.90. The van der Waals surface area contributed by atoms with Crippen LogP contribution in [0.3, 0.4) is 0 Å². The van der Waals surface area contributed by atoms with Crippen LogP contribution in [0.5, 0.6) is 5.88 Å². The van der Waals surface area contributed by atoms with E-state index in [9.17, 15) is 18.3 Å². The molecule has 1 heterocycles. The van der Waals surface area contributed by atoms with Crippen molar-refractivity contribution in [1.29, 1.82) is 0 Å². The third-order valence-electron chi connectivity index (χ3n) is 2.68. The van der Waals surface area contributed by atoms with Gasteiger partial charge in [0.05, 0.1) is 5.69 Å². The van der Waals surface area contributed by atoms with E-state index in [4.69, 9.17) is 16.2 Å². The van der Waals surface area contributed by atoms with Gasteiger partial charge in [0, 0.05) is 11.1 Å². The quantitative estimate of drug-likeness (QED) is 0.823. The number of benzene rings is 1. The molecule has 0 saturated carbocycles. The normalized spacial score (nSPS) is 11.6. The van der Waals surface area contributed by atoms with Crippen LogP contribution < -0.4 is 5.56 Å². The van der Waals surface area contributed by atoms with Gasteiger partial charge in [0.15, 0.2) is 4.90 Å². The van der Waals surface area contributed by atoms with Crippen LogP contribution in [-0.2, 0) is 10.1 Å². The summed E-state index contributed by atoms with van der Waals surface area (Å²) in [4.78, 5) is 11.2. The zero-order valence-electron chi connectivity index (χ0n) is 10.2. The Kier molecular flexibility index (Phi) is 3.59. The SMILES string of the molecule is Cc1cc(=O)n(-c2ccc(Cl)cc2)c(O)c1S(=O)(=O)O. The van der Waals surface area contributed by atoms with Gasteiger partial charge in [-0.3, -0.25) is 9.35 Å². The van der Waals surface area contributed by atoms with Crippen LogP contribution in [0.2, 0.25) is 5.02 Å². The lowest BCUT2D eigenvalue weighted by Crippen LogP contribution is -2.20. The Morgan fingerprint density at radius 1 is 1.20 bits per heavy atom. The molecule has 0 saturated heterocycles. The molecule has 0 aliphatic carbocycles. The van der Waals surface area contributed by atoms with Crippen molar-refractivity contribution in [2.45, 2.75) is 11.8 Å². The van der Waals surface area contributed by atoms with Crippen molar-refractivity contribution in [2.75, 3.05) is 0 Å². The Morgan fingerprint density at radius 3 is 2.25 bits per heavy atom. The molecule has 2 N–H and O–H groups in total. The van der Waals surface area contributed by atoms with Crippen LogP contribution in [-0.4, -0.2) is 22.6 Å². The first-order valence-corrected chi connectivity index (χ1v) is 7.22. The zero-order valence-corrected chi connectivity index (χ0v) is 11.8. The minimum Gasteiger partial charge on any atom is -0.493 e. The molecule has 1 aromatic heterocycles. The van der Waals surface area contributed by atoms with E-state index in [0.29, 0.717) is 5.02 Å². The number of nitrogens with zero attached hydrogens (tertiary/aromatic N) is 1. The average molecular weight is 316 g/mol. The summed E-state index contributed by atoms with van der Waals surface area (Å²) in [7, 11) is -4.66. The second kappa shape index (κ2) is 4.93. The molecule has 0 atom stereocenters. The van der Waals surface area contributed by atoms with Gasteiger partial charge < -0.3 is 5.11 Å². The van der Waals surface area contributed by atoms with Crippen molar-refractivity contribution in [3.05, 3.63) is 51.3 Å². The molecule has 2 aromatic rings. The average Bonchev–Trinajstić information content (AvgIpc) is 2.28. The first-order chi connectivity index (χ1) is 9.21. The number of aromatic nitrogens is 1. The summed E-state index contributed by atoms with van der Waals surface area (Å²) < 4.78 is 32.5. The smallest absolute Gasteiger partial charge is 0.300 e. The third-order valence-corrected chi connectivity index (χ3v) is 3.95. The molecule has 0 spiro atoms. The summed E-state index contributed by atoms with van der Waals surface area (Å²) in [5.41, 5.74) is -0.447. The third kappa shape index (κ3) is 2.55. The van der Waals surface area contributed by atoms with Crippen LogP contribution in [0, 0.1) is 6.92 Å². The van der Waals surface area contributed by atoms with Crippen LogP contribution >= 0.6 is 11.6 Å². The Morgan fingerprint density at radius 2 is 1.75 bits per heavy atom. The monoisotopic (exact) mass is 315 g/mol. The van der Waals surface area contributed by atoms with Gasteiger partial charge >= 0.3 is 0 Å². The maximum absolute atomic E-state index is 11.9. The standard InChI is InChI=1S/C12H10ClNO5S/c1-7-6-10(15)14(9-4-2-8(13)3-5-9)12(16)11(7)20(17,18)19/h2-6,16H,1H3,(H,17,18,19). The number of halogens is 1. The molecule has 6 nitrogen and oxygen atoms in total. The van der Waals surface area contributed by atoms with Gasteiger partial charge in [0.25, 0.3) is 15.7 Å². The van der Waals surface area contributed by atoms with Crippen LogP contribution in [0.15, 0.2) is 40.0 Å². The first kappa shape index (κ1) is 14.6. The Hall–Kier alpha value is -1.83. The van der Waals surface area contributed by atoms with Crippen molar-refractivity contribution < 1.29 is 18.1 Å². The summed E-state index contributed by atoms with van der Waals surface area (Å²) in [6, 6.07) is 6.85. The van der Waals surface area contributed by atoms with Gasteiger partial charge in [-0.15, -0.1) is 0 Å². The zero-order chi connectivity index (χ0) is 15.1. The molecule has 0 aliphatic rings. The highest BCUT2D eigenvalue weighted by Gasteiger charge is 2.23. The van der Waals surface area contributed by atoms with Gasteiger partial charge in [-0.05, 0) is 36.8 Å². The first-order valence-electron chi connectivity index (χ1n) is 5.41. The van der Waals surface area contributed by atoms with Crippen molar-refractivity contribution >= 4 is 21.7 Å². The maximum Gasteiger partial charge on any atom is 0.300 e. The fourth-order valence-electron chi connectivity index (χ4n) is 1.86. The van der Waals surface area contributed by atoms with E-state index < -0.39 is 26.5 Å². The molecule has 0 aliphatic heterocycles. The minimum absolute atomic E-state index is 0.0415. The molecule has 0 unspecified atom stereocenters. The van der Waals surface area contributed by atoms with E-state index in [0.717, 1.165) is 10.6 Å². The molecule has 0 fully saturated rings. The predicted molar refractivity (Wildman–Crippen MR) is 73.3 cm³/mol. The lowest BCUT2D eigenvalue weighted by atomic mass is 10.2. The van der Waals surface area contributed by atoms with Crippen molar-refractivity contribution in [1.82, 2.24) is 4.57 Å². The molecule has 20 heavy (non-hydrogen) atoms. The molecule has 1 aromatic carbocycles. The number of hydrogen-bond donors (Lipinski definition) is 2. The molecule has 2 rings (SSSR count). The summed E-state index contributed by atoms with van der Waals surface area (Å²) in [5, 5.41) is 10.4. The van der Waals surface area contributed by atoms with E-state index >= 15 is 0 Å². The molecular weight excluding hydrogens is 306 g/mol. The number of pyridine rings is 1. The van der Waals surface area contributed by atoms with Crippen molar-refractivity contribution in [2.24, 2.45) is 0 Å². The van der Waals surface area contributed by atoms with Gasteiger partial charge in [-0.2, -0.15) is 8.42 Å². The summed E-state index contributed by atoms with van der Waals surface area (Å²) in [6.07, 6.45) is 0. The highest BCUT2D eigenvalue weighted by molar-refractivity contribution is 7.86. The highest BCUT2D eigenvalue weighted by atomic mass is 35.5. The molecule has 0 radical (unpaired) electrons. The number of hydrogen-bond acceptors (Lipinski definition) is 4. The Bertz CT molecular complexity index is 824. The van der Waals surface area contributed by atoms with Gasteiger partial charge in [0.2, 0.25) is 5.88 Å².